The number of piperidine rings is 1. The topological polar surface area (TPSA) is 98.0 Å². The van der Waals surface area contributed by atoms with E-state index in [1.807, 2.05) is 28.8 Å². The van der Waals surface area contributed by atoms with Crippen molar-refractivity contribution in [3.8, 4) is 0 Å². The molecular weight excluding hydrogens is 426 g/mol. The molecule has 164 valence electrons. The molecule has 8 nitrogen and oxygen atoms in total. The number of hydrogen-bond acceptors (Lipinski definition) is 6. The second-order valence-electron chi connectivity index (χ2n) is 7.60. The Balaban J connectivity index is 1.73. The van der Waals surface area contributed by atoms with Crippen molar-refractivity contribution in [1.29, 1.82) is 0 Å². The first-order valence-electron chi connectivity index (χ1n) is 9.92. The van der Waals surface area contributed by atoms with E-state index in [1.165, 1.54) is 11.3 Å². The summed E-state index contributed by atoms with van der Waals surface area (Å²) in [4.78, 5) is 30.8. The Morgan fingerprint density at radius 3 is 2.60 bits per heavy atom. The molecule has 0 spiro atoms. The van der Waals surface area contributed by atoms with Crippen LogP contribution >= 0.6 is 11.3 Å². The summed E-state index contributed by atoms with van der Waals surface area (Å²) >= 11 is 1.32. The zero-order valence-electron chi connectivity index (χ0n) is 17.2. The van der Waals surface area contributed by atoms with Crippen LogP contribution in [0.5, 0.6) is 0 Å². The standard InChI is InChI=1S/C20H27N3O5S2/c1-15-7-9-22(10-8-15)19(25)14-30(26,27)13-18(24)21-20-23(11-12-28-2)16-5-3-4-6-17(16)29-20/h3-6,15H,7-14H2,1-2H3. The van der Waals surface area contributed by atoms with Crippen molar-refractivity contribution in [2.75, 3.05) is 38.3 Å². The summed E-state index contributed by atoms with van der Waals surface area (Å²) in [6.07, 6.45) is 1.74. The van der Waals surface area contributed by atoms with Crippen molar-refractivity contribution in [3.63, 3.8) is 0 Å². The Labute approximate surface area is 180 Å². The number of nitrogens with zero attached hydrogens (tertiary/aromatic N) is 3. The van der Waals surface area contributed by atoms with E-state index in [4.69, 9.17) is 4.74 Å². The maximum Gasteiger partial charge on any atom is 0.263 e. The normalized spacial score (nSPS) is 16.3. The number of hydrogen-bond donors (Lipinski definition) is 0. The lowest BCUT2D eigenvalue weighted by Crippen LogP contribution is -2.41. The first-order chi connectivity index (χ1) is 14.3. The third-order valence-electron chi connectivity index (χ3n) is 5.15. The number of ether oxygens (including phenoxy) is 1. The first kappa shape index (κ1) is 22.6. The number of amides is 2. The monoisotopic (exact) mass is 453 g/mol. The van der Waals surface area contributed by atoms with E-state index in [9.17, 15) is 18.0 Å². The number of thiazole rings is 1. The van der Waals surface area contributed by atoms with Gasteiger partial charge in [-0.1, -0.05) is 30.4 Å². The van der Waals surface area contributed by atoms with Crippen molar-refractivity contribution in [2.45, 2.75) is 26.3 Å². The molecule has 1 aliphatic rings. The van der Waals surface area contributed by atoms with Gasteiger partial charge in [0, 0.05) is 26.7 Å². The Kier molecular flexibility index (Phi) is 7.43. The molecule has 0 unspecified atom stereocenters. The number of para-hydroxylation sites is 1. The molecular formula is C20H27N3O5S2. The number of sulfone groups is 1. The molecule has 1 aliphatic heterocycles. The molecule has 0 N–H and O–H groups in total. The average Bonchev–Trinajstić information content (AvgIpc) is 3.02. The second kappa shape index (κ2) is 9.84. The Morgan fingerprint density at radius 2 is 1.90 bits per heavy atom. The fraction of sp³-hybridized carbons (Fsp3) is 0.550. The third-order valence-corrected chi connectivity index (χ3v) is 7.58. The van der Waals surface area contributed by atoms with Gasteiger partial charge in [-0.2, -0.15) is 4.99 Å². The molecule has 0 aliphatic carbocycles. The molecule has 2 heterocycles. The molecule has 1 saturated heterocycles. The number of methoxy groups -OCH3 is 1. The minimum Gasteiger partial charge on any atom is -0.383 e. The van der Waals surface area contributed by atoms with Crippen molar-refractivity contribution < 1.29 is 22.7 Å². The molecule has 1 fully saturated rings. The highest BCUT2D eigenvalue weighted by Gasteiger charge is 2.26. The highest BCUT2D eigenvalue weighted by Crippen LogP contribution is 2.17. The van der Waals surface area contributed by atoms with E-state index in [-0.39, 0.29) is 0 Å². The fourth-order valence-corrected chi connectivity index (χ4v) is 5.60. The van der Waals surface area contributed by atoms with Crippen LogP contribution in [0.3, 0.4) is 0 Å². The average molecular weight is 454 g/mol. The van der Waals surface area contributed by atoms with E-state index < -0.39 is 33.2 Å². The number of carbonyl (C=O) groups is 2. The molecule has 3 rings (SSSR count). The summed E-state index contributed by atoms with van der Waals surface area (Å²) in [6, 6.07) is 7.62. The van der Waals surface area contributed by atoms with Crippen LogP contribution in [-0.4, -0.2) is 68.0 Å². The van der Waals surface area contributed by atoms with Gasteiger partial charge in [-0.05, 0) is 30.9 Å². The number of rotatable bonds is 7. The molecule has 1 aromatic carbocycles. The molecule has 0 saturated carbocycles. The van der Waals surface area contributed by atoms with E-state index in [1.54, 1.807) is 12.0 Å². The van der Waals surface area contributed by atoms with Gasteiger partial charge in [-0.15, -0.1) is 0 Å². The molecule has 0 radical (unpaired) electrons. The van der Waals surface area contributed by atoms with Gasteiger partial charge in [0.1, 0.15) is 11.5 Å². The summed E-state index contributed by atoms with van der Waals surface area (Å²) in [7, 11) is -2.30. The lowest BCUT2D eigenvalue weighted by atomic mass is 9.99. The number of fused-ring (bicyclic) bond motifs is 1. The minimum absolute atomic E-state index is 0.421. The van der Waals surface area contributed by atoms with Crippen LogP contribution in [0.25, 0.3) is 10.2 Å². The van der Waals surface area contributed by atoms with Crippen molar-refractivity contribution >= 4 is 43.2 Å². The minimum atomic E-state index is -3.89. The van der Waals surface area contributed by atoms with Crippen LogP contribution in [0.2, 0.25) is 0 Å². The van der Waals surface area contributed by atoms with Gasteiger partial charge in [-0.3, -0.25) is 9.59 Å². The van der Waals surface area contributed by atoms with E-state index >= 15 is 0 Å². The predicted octanol–water partition coefficient (Wildman–Crippen LogP) is 1.45. The zero-order chi connectivity index (χ0) is 21.7. The van der Waals surface area contributed by atoms with Crippen LogP contribution in [0.4, 0.5) is 0 Å². The highest BCUT2D eigenvalue weighted by molar-refractivity contribution is 7.92. The molecule has 2 amide bonds. The summed E-state index contributed by atoms with van der Waals surface area (Å²) in [5, 5.41) is 0. The predicted molar refractivity (Wildman–Crippen MR) is 116 cm³/mol. The molecule has 2 aromatic rings. The largest absolute Gasteiger partial charge is 0.383 e. The zero-order valence-corrected chi connectivity index (χ0v) is 18.9. The number of aromatic nitrogens is 1. The second-order valence-corrected chi connectivity index (χ2v) is 10.7. The van der Waals surface area contributed by atoms with E-state index in [0.29, 0.717) is 37.0 Å². The Hall–Kier alpha value is -2.04. The van der Waals surface area contributed by atoms with Crippen LogP contribution < -0.4 is 4.80 Å². The van der Waals surface area contributed by atoms with Gasteiger partial charge >= 0.3 is 0 Å². The third kappa shape index (κ3) is 5.77. The number of likely N-dealkylation sites (tertiary alicyclic amines) is 1. The van der Waals surface area contributed by atoms with Gasteiger partial charge in [0.25, 0.3) is 5.91 Å². The number of benzene rings is 1. The molecule has 30 heavy (non-hydrogen) atoms. The molecule has 0 bridgehead atoms. The first-order valence-corrected chi connectivity index (χ1v) is 12.6. The lowest BCUT2D eigenvalue weighted by molar-refractivity contribution is -0.129. The van der Waals surface area contributed by atoms with Crippen LogP contribution in [0.15, 0.2) is 29.3 Å². The smallest absolute Gasteiger partial charge is 0.263 e. The van der Waals surface area contributed by atoms with Crippen LogP contribution in [-0.2, 0) is 30.7 Å². The van der Waals surface area contributed by atoms with E-state index in [0.717, 1.165) is 23.1 Å². The van der Waals surface area contributed by atoms with Crippen LogP contribution in [0, 0.1) is 5.92 Å². The fourth-order valence-electron chi connectivity index (χ4n) is 3.42. The van der Waals surface area contributed by atoms with E-state index in [2.05, 4.69) is 11.9 Å². The van der Waals surface area contributed by atoms with Crippen molar-refractivity contribution in [3.05, 3.63) is 29.1 Å². The SMILES string of the molecule is COCCn1c(=NC(=O)CS(=O)(=O)CC(=O)N2CCC(C)CC2)sc2ccccc21. The number of carbonyl (C=O) groups excluding carboxylic acids is 2. The summed E-state index contributed by atoms with van der Waals surface area (Å²) in [5.74, 6) is -2.10. The highest BCUT2D eigenvalue weighted by atomic mass is 32.2. The summed E-state index contributed by atoms with van der Waals surface area (Å²) in [6.45, 7) is 4.17. The van der Waals surface area contributed by atoms with Crippen molar-refractivity contribution in [2.24, 2.45) is 10.9 Å². The Morgan fingerprint density at radius 1 is 1.20 bits per heavy atom. The van der Waals surface area contributed by atoms with Gasteiger partial charge in [0.2, 0.25) is 5.91 Å². The molecule has 0 atom stereocenters. The maximum atomic E-state index is 12.4. The summed E-state index contributed by atoms with van der Waals surface area (Å²) < 4.78 is 32.8. The molecule has 10 heteroatoms. The van der Waals surface area contributed by atoms with Gasteiger partial charge in [0.05, 0.1) is 16.8 Å². The summed E-state index contributed by atoms with van der Waals surface area (Å²) in [5.41, 5.74) is 0.906. The lowest BCUT2D eigenvalue weighted by Gasteiger charge is -2.30. The quantitative estimate of drug-likeness (QED) is 0.632. The van der Waals surface area contributed by atoms with Crippen LogP contribution in [0.1, 0.15) is 19.8 Å². The Bertz CT molecular complexity index is 1080. The maximum absolute atomic E-state index is 12.4. The van der Waals surface area contributed by atoms with Gasteiger partial charge < -0.3 is 14.2 Å². The van der Waals surface area contributed by atoms with Crippen molar-refractivity contribution in [1.82, 2.24) is 9.47 Å². The molecule has 1 aromatic heterocycles. The van der Waals surface area contributed by atoms with Gasteiger partial charge in [0.15, 0.2) is 14.6 Å². The van der Waals surface area contributed by atoms with Gasteiger partial charge in [-0.25, -0.2) is 8.42 Å².